The van der Waals surface area contributed by atoms with Crippen molar-refractivity contribution in [3.8, 4) is 17.3 Å². The standard InChI is InChI=1S/C33H39N6O6P.CO2/c1-6-21(3)38-46(43,39-22(4)33(42)45-7-2)26-17-13-24(14-18-26)29(23-11-15-25(44-5)16-12-23)36-31(40)27-20-35-30(37-32(27)41)28-10-8-9-19-34-28;2-1-3/h8-22,29H,6-7H2,1-5H3,(H,36,40)(H,35,37,41)(H2,38,39,43);/t21-,22+,29?,46?;/m0./s1. The number of H-pyrrole nitrogens is 1. The minimum Gasteiger partial charge on any atom is -0.497 e. The van der Waals surface area contributed by atoms with Crippen molar-refractivity contribution in [1.82, 2.24) is 30.4 Å². The fraction of sp³-hybridized carbons (Fsp3) is 0.294. The summed E-state index contributed by atoms with van der Waals surface area (Å²) >= 11 is 0. The van der Waals surface area contributed by atoms with E-state index in [1.807, 2.05) is 26.0 Å². The molecule has 0 saturated heterocycles. The van der Waals surface area contributed by atoms with Crippen LogP contribution in [0, 0.1) is 0 Å². The Balaban J connectivity index is 0.00000209. The largest absolute Gasteiger partial charge is 0.497 e. The summed E-state index contributed by atoms with van der Waals surface area (Å²) in [6.45, 7) is 7.40. The van der Waals surface area contributed by atoms with E-state index in [1.54, 1.807) is 81.8 Å². The highest BCUT2D eigenvalue weighted by Crippen LogP contribution is 2.37. The van der Waals surface area contributed by atoms with E-state index in [-0.39, 0.29) is 30.2 Å². The molecule has 4 atom stereocenters. The molecule has 0 fully saturated rings. The maximum absolute atomic E-state index is 14.3. The smallest absolute Gasteiger partial charge is 0.373 e. The van der Waals surface area contributed by atoms with Gasteiger partial charge in [-0.2, -0.15) is 9.59 Å². The lowest BCUT2D eigenvalue weighted by Gasteiger charge is -2.27. The number of hydrogen-bond acceptors (Lipinski definition) is 10. The normalized spacial score (nSPS) is 13.7. The van der Waals surface area contributed by atoms with Crippen LogP contribution in [-0.2, 0) is 23.7 Å². The molecule has 4 rings (SSSR count). The minimum absolute atomic E-state index is 0.116. The SMILES string of the molecule is CCOC(=O)[C@@H](C)NP(=O)(N[C@@H](C)CC)c1ccc(C(NC(=O)c2cnc(-c3ccccn3)[nH]c2=O)c2ccc(OC)cc2)cc1.O=C=O. The Kier molecular flexibility index (Phi) is 14.3. The Labute approximate surface area is 283 Å². The third kappa shape index (κ3) is 10.4. The summed E-state index contributed by atoms with van der Waals surface area (Å²) in [6.07, 6.45) is 3.76. The summed E-state index contributed by atoms with van der Waals surface area (Å²) < 4.78 is 24.7. The predicted molar refractivity (Wildman–Crippen MR) is 181 cm³/mol. The molecule has 2 heterocycles. The molecule has 2 unspecified atom stereocenters. The van der Waals surface area contributed by atoms with Crippen molar-refractivity contribution in [2.45, 2.75) is 52.2 Å². The van der Waals surface area contributed by atoms with Crippen molar-refractivity contribution in [3.63, 3.8) is 0 Å². The van der Waals surface area contributed by atoms with Gasteiger partial charge in [-0.25, -0.2) is 15.2 Å². The van der Waals surface area contributed by atoms with Gasteiger partial charge in [-0.05, 0) is 74.7 Å². The Morgan fingerprint density at radius 1 is 0.939 bits per heavy atom. The first kappa shape index (κ1) is 38.2. The van der Waals surface area contributed by atoms with E-state index in [2.05, 4.69) is 30.4 Å². The third-order valence-corrected chi connectivity index (χ3v) is 9.88. The number of ether oxygens (including phenoxy) is 2. The van der Waals surface area contributed by atoms with Crippen LogP contribution in [0.1, 0.15) is 61.6 Å². The summed E-state index contributed by atoms with van der Waals surface area (Å²) in [5, 5.41) is 9.52. The summed E-state index contributed by atoms with van der Waals surface area (Å²) in [4.78, 5) is 66.1. The van der Waals surface area contributed by atoms with Crippen LogP contribution in [0.5, 0.6) is 5.75 Å². The van der Waals surface area contributed by atoms with E-state index in [0.29, 0.717) is 34.3 Å². The number of carbonyl (C=O) groups is 2. The van der Waals surface area contributed by atoms with Crippen LogP contribution in [0.2, 0.25) is 0 Å². The molecule has 0 aliphatic carbocycles. The number of benzene rings is 2. The average Bonchev–Trinajstić information content (AvgIpc) is 3.11. The van der Waals surface area contributed by atoms with Crippen molar-refractivity contribution in [2.75, 3.05) is 13.7 Å². The number of pyridine rings is 1. The second kappa shape index (κ2) is 18.3. The molecule has 0 aliphatic heterocycles. The molecule has 0 radical (unpaired) electrons. The van der Waals surface area contributed by atoms with Gasteiger partial charge >= 0.3 is 12.1 Å². The van der Waals surface area contributed by atoms with Crippen LogP contribution in [0.4, 0.5) is 0 Å². The lowest BCUT2D eigenvalue weighted by atomic mass is 9.98. The van der Waals surface area contributed by atoms with Gasteiger partial charge in [0.1, 0.15) is 23.0 Å². The number of rotatable bonds is 14. The van der Waals surface area contributed by atoms with Crippen LogP contribution in [-0.4, -0.2) is 58.8 Å². The molecule has 2 aromatic carbocycles. The van der Waals surface area contributed by atoms with Gasteiger partial charge in [0.2, 0.25) is 7.44 Å². The van der Waals surface area contributed by atoms with Gasteiger partial charge in [-0.15, -0.1) is 0 Å². The van der Waals surface area contributed by atoms with Crippen molar-refractivity contribution in [1.29, 1.82) is 0 Å². The fourth-order valence-electron chi connectivity index (χ4n) is 4.61. The van der Waals surface area contributed by atoms with Gasteiger partial charge in [0, 0.05) is 23.7 Å². The number of nitrogens with one attached hydrogen (secondary N) is 4. The first-order valence-electron chi connectivity index (χ1n) is 15.4. The van der Waals surface area contributed by atoms with Crippen molar-refractivity contribution in [2.24, 2.45) is 0 Å². The first-order valence-corrected chi connectivity index (χ1v) is 17.1. The maximum Gasteiger partial charge on any atom is 0.373 e. The van der Waals surface area contributed by atoms with E-state index < -0.39 is 37.0 Å². The summed E-state index contributed by atoms with van der Waals surface area (Å²) in [7, 11) is -1.93. The van der Waals surface area contributed by atoms with Crippen molar-refractivity contribution >= 4 is 30.8 Å². The number of amides is 1. The zero-order valence-electron chi connectivity index (χ0n) is 27.8. The van der Waals surface area contributed by atoms with Crippen molar-refractivity contribution in [3.05, 3.63) is 106 Å². The quantitative estimate of drug-likeness (QED) is 0.111. The van der Waals surface area contributed by atoms with E-state index in [9.17, 15) is 18.9 Å². The van der Waals surface area contributed by atoms with Crippen molar-refractivity contribution < 1.29 is 33.2 Å². The van der Waals surface area contributed by atoms with E-state index in [1.165, 1.54) is 6.20 Å². The lowest BCUT2D eigenvalue weighted by Crippen LogP contribution is -2.42. The molecule has 14 nitrogen and oxygen atoms in total. The van der Waals surface area contributed by atoms with Gasteiger partial charge in [0.15, 0.2) is 5.82 Å². The number of nitrogens with zero attached hydrogens (tertiary/aromatic N) is 2. The molecule has 49 heavy (non-hydrogen) atoms. The Bertz CT molecular complexity index is 1830. The van der Waals surface area contributed by atoms with Crippen LogP contribution >= 0.6 is 7.44 Å². The molecule has 0 saturated carbocycles. The first-order chi connectivity index (χ1) is 23.5. The topological polar surface area (TPSA) is 199 Å². The molecule has 2 aromatic heterocycles. The molecular formula is C34H39N6O8P. The summed E-state index contributed by atoms with van der Waals surface area (Å²) in [5.41, 5.74) is 1.05. The van der Waals surface area contributed by atoms with E-state index in [4.69, 9.17) is 19.1 Å². The van der Waals surface area contributed by atoms with Gasteiger partial charge in [-0.1, -0.05) is 37.3 Å². The number of carbonyl (C=O) groups excluding carboxylic acids is 4. The highest BCUT2D eigenvalue weighted by Gasteiger charge is 2.31. The Morgan fingerprint density at radius 3 is 2.10 bits per heavy atom. The summed E-state index contributed by atoms with van der Waals surface area (Å²) in [6, 6.07) is 17.6. The second-order valence-corrected chi connectivity index (χ2v) is 12.9. The summed E-state index contributed by atoms with van der Waals surface area (Å²) in [5.74, 6) is -0.273. The predicted octanol–water partition coefficient (Wildman–Crippen LogP) is 3.52. The Morgan fingerprint density at radius 2 is 1.57 bits per heavy atom. The zero-order chi connectivity index (χ0) is 36.0. The highest BCUT2D eigenvalue weighted by atomic mass is 31.2. The number of hydrogen-bond donors (Lipinski definition) is 4. The average molecular weight is 691 g/mol. The monoisotopic (exact) mass is 690 g/mol. The molecule has 0 aliphatic rings. The number of methoxy groups -OCH3 is 1. The number of aromatic amines is 1. The molecule has 4 N–H and O–H groups in total. The number of esters is 1. The molecular weight excluding hydrogens is 651 g/mol. The molecule has 15 heteroatoms. The molecule has 258 valence electrons. The number of aromatic nitrogens is 3. The van der Waals surface area contributed by atoms with Crippen LogP contribution in [0.15, 0.2) is 83.9 Å². The minimum atomic E-state index is -3.49. The highest BCUT2D eigenvalue weighted by molar-refractivity contribution is 7.67. The van der Waals surface area contributed by atoms with Gasteiger partial charge in [0.05, 0.1) is 19.8 Å². The van der Waals surface area contributed by atoms with Gasteiger partial charge in [0.25, 0.3) is 11.5 Å². The Hall–Kier alpha value is -5.26. The third-order valence-electron chi connectivity index (χ3n) is 7.30. The molecule has 0 spiro atoms. The van der Waals surface area contributed by atoms with Crippen LogP contribution in [0.25, 0.3) is 11.5 Å². The van der Waals surface area contributed by atoms with Crippen LogP contribution in [0.3, 0.4) is 0 Å². The fourth-order valence-corrected chi connectivity index (χ4v) is 7.01. The van der Waals surface area contributed by atoms with Crippen LogP contribution < -0.4 is 31.1 Å². The maximum atomic E-state index is 14.3. The van der Waals surface area contributed by atoms with Gasteiger partial charge < -0.3 is 19.8 Å². The lowest BCUT2D eigenvalue weighted by molar-refractivity contribution is -0.191. The zero-order valence-corrected chi connectivity index (χ0v) is 28.7. The molecule has 4 aromatic rings. The van der Waals surface area contributed by atoms with E-state index >= 15 is 0 Å². The second-order valence-electron chi connectivity index (χ2n) is 10.7. The van der Waals surface area contributed by atoms with Gasteiger partial charge in [-0.3, -0.25) is 23.9 Å². The van der Waals surface area contributed by atoms with E-state index in [0.717, 1.165) is 0 Å². The molecule has 0 bridgehead atoms. The molecule has 1 amide bonds.